The second-order valence-electron chi connectivity index (χ2n) is 9.09. The quantitative estimate of drug-likeness (QED) is 0.230. The van der Waals surface area contributed by atoms with E-state index in [1.54, 1.807) is 24.3 Å². The largest absolute Gasteiger partial charge is 0.443 e. The number of aromatic nitrogens is 1. The highest BCUT2D eigenvalue weighted by atomic mass is 32.1. The molecule has 1 aromatic heterocycles. The number of alkyl halides is 3. The van der Waals surface area contributed by atoms with Gasteiger partial charge < -0.3 is 26.2 Å². The third-order valence-electron chi connectivity index (χ3n) is 6.31. The number of aliphatic imine (C=N–C) groups is 2. The van der Waals surface area contributed by atoms with Crippen molar-refractivity contribution < 1.29 is 27.8 Å². The van der Waals surface area contributed by atoms with Gasteiger partial charge in [0.1, 0.15) is 5.00 Å². The SMILES string of the molecule is N=C(O/C(N)=N/[C@H]1N=C(c2ccccc2)c2ccccc2NC1=O)c1nc(C(F)(F)F)sc1N[C@@H]1CCC[C@@H]1O. The second kappa shape index (κ2) is 11.1. The van der Waals surface area contributed by atoms with Crippen LogP contribution in [0.5, 0.6) is 0 Å². The van der Waals surface area contributed by atoms with Gasteiger partial charge >= 0.3 is 6.18 Å². The molecule has 208 valence electrons. The standard InChI is InChI=1S/C26H24F3N7O3S/c27-26(28,29)24-35-19(23(40-24)33-16-11-6-12-17(16)37)20(30)39-25(31)36-21-22(38)32-15-10-5-4-9-14(15)18(34-21)13-7-2-1-3-8-13/h1-5,7-10,16-17,21,30,33,37H,6,11-12H2,(H2,31,36)(H,32,38)/t16-,17+,21-/m1/s1. The number of carbonyl (C=O) groups excluding carboxylic acids is 1. The average Bonchev–Trinajstić information content (AvgIpc) is 3.50. The molecule has 1 fully saturated rings. The number of hydrogen-bond acceptors (Lipinski definition) is 9. The van der Waals surface area contributed by atoms with Crippen molar-refractivity contribution in [3.8, 4) is 0 Å². The van der Waals surface area contributed by atoms with Crippen molar-refractivity contribution in [2.45, 2.75) is 43.8 Å². The molecule has 0 unspecified atom stereocenters. The van der Waals surface area contributed by atoms with Gasteiger partial charge in [-0.3, -0.25) is 10.2 Å². The highest BCUT2D eigenvalue weighted by Gasteiger charge is 2.38. The van der Waals surface area contributed by atoms with Gasteiger partial charge in [0.05, 0.1) is 23.5 Å². The number of thiazole rings is 1. The van der Waals surface area contributed by atoms with Gasteiger partial charge in [-0.1, -0.05) is 59.9 Å². The summed E-state index contributed by atoms with van der Waals surface area (Å²) in [6.45, 7) is 0. The number of benzodiazepines with no additional fused rings is 1. The zero-order chi connectivity index (χ0) is 28.4. The number of rotatable bonds is 5. The molecule has 2 aromatic carbocycles. The maximum Gasteiger partial charge on any atom is 0.443 e. The number of hydrogen-bond donors (Lipinski definition) is 5. The Bertz CT molecular complexity index is 1490. The maximum atomic E-state index is 13.4. The first kappa shape index (κ1) is 27.3. The van der Waals surface area contributed by atoms with E-state index in [4.69, 9.17) is 15.9 Å². The average molecular weight is 572 g/mol. The van der Waals surface area contributed by atoms with E-state index >= 15 is 0 Å². The van der Waals surface area contributed by atoms with Crippen LogP contribution in [0.1, 0.15) is 41.1 Å². The summed E-state index contributed by atoms with van der Waals surface area (Å²) in [7, 11) is 0. The lowest BCUT2D eigenvalue weighted by Crippen LogP contribution is -2.30. The summed E-state index contributed by atoms with van der Waals surface area (Å²) >= 11 is 0.295. The number of aliphatic hydroxyl groups is 1. The number of fused-ring (bicyclic) bond motifs is 1. The van der Waals surface area contributed by atoms with E-state index in [1.165, 1.54) is 0 Å². The fourth-order valence-corrected chi connectivity index (χ4v) is 5.32. The van der Waals surface area contributed by atoms with Gasteiger partial charge in [0.15, 0.2) is 5.69 Å². The summed E-state index contributed by atoms with van der Waals surface area (Å²) in [5.74, 6) is -1.44. The van der Waals surface area contributed by atoms with Gasteiger partial charge in [0.2, 0.25) is 17.1 Å². The number of nitrogens with zero attached hydrogens (tertiary/aromatic N) is 3. The van der Waals surface area contributed by atoms with Gasteiger partial charge in [-0.2, -0.15) is 18.2 Å². The Kier molecular flexibility index (Phi) is 7.54. The Balaban J connectivity index is 1.43. The lowest BCUT2D eigenvalue weighted by molar-refractivity contribution is -0.137. The van der Waals surface area contributed by atoms with Gasteiger partial charge in [-0.25, -0.2) is 9.98 Å². The molecule has 1 saturated carbocycles. The number of anilines is 2. The monoisotopic (exact) mass is 571 g/mol. The van der Waals surface area contributed by atoms with Crippen LogP contribution in [0, 0.1) is 5.41 Å². The van der Waals surface area contributed by atoms with Crippen LogP contribution in [0.4, 0.5) is 23.9 Å². The minimum absolute atomic E-state index is 0.0943. The summed E-state index contributed by atoms with van der Waals surface area (Å²) < 4.78 is 45.5. The normalized spacial score (nSPS) is 21.2. The van der Waals surface area contributed by atoms with Crippen molar-refractivity contribution in [3.63, 3.8) is 0 Å². The third-order valence-corrected chi connectivity index (χ3v) is 7.34. The highest BCUT2D eigenvalue weighted by molar-refractivity contribution is 7.16. The van der Waals surface area contributed by atoms with Gasteiger partial charge in [-0.05, 0) is 25.3 Å². The first-order valence-corrected chi connectivity index (χ1v) is 13.1. The molecule has 14 heteroatoms. The van der Waals surface area contributed by atoms with E-state index in [1.807, 2.05) is 30.3 Å². The number of carbonyl (C=O) groups is 1. The maximum absolute atomic E-state index is 13.4. The van der Waals surface area contributed by atoms with Crippen LogP contribution in [0.25, 0.3) is 0 Å². The Morgan fingerprint density at radius 3 is 2.60 bits per heavy atom. The minimum Gasteiger partial charge on any atom is -0.405 e. The van der Waals surface area contributed by atoms with Gasteiger partial charge in [0.25, 0.3) is 11.9 Å². The van der Waals surface area contributed by atoms with Gasteiger partial charge in [0, 0.05) is 11.1 Å². The molecule has 0 bridgehead atoms. The Morgan fingerprint density at radius 1 is 1.18 bits per heavy atom. The number of nitrogens with two attached hydrogens (primary N) is 1. The van der Waals surface area contributed by atoms with Crippen molar-refractivity contribution in [2.75, 3.05) is 10.6 Å². The molecule has 0 spiro atoms. The molecule has 3 atom stereocenters. The molecule has 0 radical (unpaired) electrons. The zero-order valence-electron chi connectivity index (χ0n) is 20.8. The molecular formula is C26H24F3N7O3S. The van der Waals surface area contributed by atoms with E-state index in [0.717, 1.165) is 0 Å². The molecule has 2 aliphatic rings. The Hall–Kier alpha value is -4.30. The molecule has 6 N–H and O–H groups in total. The van der Waals surface area contributed by atoms with E-state index < -0.39 is 53.0 Å². The summed E-state index contributed by atoms with van der Waals surface area (Å²) in [5, 5.41) is 22.7. The van der Waals surface area contributed by atoms with E-state index in [-0.39, 0.29) is 5.00 Å². The fraction of sp³-hybridized carbons (Fsp3) is 0.269. The molecule has 1 aliphatic heterocycles. The molecule has 10 nitrogen and oxygen atoms in total. The molecule has 2 heterocycles. The lowest BCUT2D eigenvalue weighted by atomic mass is 10.0. The van der Waals surface area contributed by atoms with Crippen molar-refractivity contribution in [1.29, 1.82) is 5.41 Å². The Labute approximate surface area is 230 Å². The summed E-state index contributed by atoms with van der Waals surface area (Å²) in [6.07, 6.45) is -5.18. The van der Waals surface area contributed by atoms with Crippen LogP contribution in [0.3, 0.4) is 0 Å². The molecule has 40 heavy (non-hydrogen) atoms. The number of amides is 1. The molecule has 1 amide bonds. The molecule has 5 rings (SSSR count). The van der Waals surface area contributed by atoms with Crippen molar-refractivity contribution in [3.05, 3.63) is 76.4 Å². The highest BCUT2D eigenvalue weighted by Crippen LogP contribution is 2.38. The first-order chi connectivity index (χ1) is 19.1. The molecular weight excluding hydrogens is 547 g/mol. The predicted octanol–water partition coefficient (Wildman–Crippen LogP) is 3.96. The number of benzene rings is 2. The molecule has 3 aromatic rings. The van der Waals surface area contributed by atoms with Crippen molar-refractivity contribution in [1.82, 2.24) is 4.98 Å². The van der Waals surface area contributed by atoms with E-state index in [9.17, 15) is 23.1 Å². The van der Waals surface area contributed by atoms with Crippen molar-refractivity contribution in [2.24, 2.45) is 15.7 Å². The second-order valence-corrected chi connectivity index (χ2v) is 10.1. The van der Waals surface area contributed by atoms with E-state index in [0.29, 0.717) is 53.1 Å². The van der Waals surface area contributed by atoms with Crippen LogP contribution < -0.4 is 16.4 Å². The summed E-state index contributed by atoms with van der Waals surface area (Å²) in [5.41, 5.74) is 7.79. The van der Waals surface area contributed by atoms with Crippen LogP contribution in [0.2, 0.25) is 0 Å². The topological polar surface area (TPSA) is 158 Å². The first-order valence-electron chi connectivity index (χ1n) is 12.3. The number of ether oxygens (including phenoxy) is 1. The fourth-order valence-electron chi connectivity index (χ4n) is 4.43. The summed E-state index contributed by atoms with van der Waals surface area (Å²) in [6, 6.07) is 15.0. The summed E-state index contributed by atoms with van der Waals surface area (Å²) in [4.78, 5) is 25.0. The smallest absolute Gasteiger partial charge is 0.405 e. The molecule has 0 saturated heterocycles. The number of aliphatic hydroxyl groups excluding tert-OH is 1. The van der Waals surface area contributed by atoms with Crippen LogP contribution >= 0.6 is 11.3 Å². The van der Waals surface area contributed by atoms with Crippen LogP contribution in [0.15, 0.2) is 64.6 Å². The van der Waals surface area contributed by atoms with Crippen LogP contribution in [-0.2, 0) is 15.7 Å². The number of para-hydroxylation sites is 1. The minimum atomic E-state index is -4.76. The third kappa shape index (κ3) is 5.82. The van der Waals surface area contributed by atoms with E-state index in [2.05, 4.69) is 25.6 Å². The Morgan fingerprint density at radius 2 is 1.90 bits per heavy atom. The van der Waals surface area contributed by atoms with Crippen molar-refractivity contribution >= 4 is 45.6 Å². The molecule has 1 aliphatic carbocycles. The number of halogens is 3. The number of nitrogens with one attached hydrogen (secondary N) is 3. The predicted molar refractivity (Wildman–Crippen MR) is 145 cm³/mol. The van der Waals surface area contributed by atoms with Gasteiger partial charge in [-0.15, -0.1) is 0 Å². The number of amidine groups is 1. The lowest BCUT2D eigenvalue weighted by Gasteiger charge is -2.17. The van der Waals surface area contributed by atoms with Crippen LogP contribution in [-0.4, -0.2) is 51.9 Å². The zero-order valence-corrected chi connectivity index (χ0v) is 21.6.